The van der Waals surface area contributed by atoms with Crippen molar-refractivity contribution in [2.45, 2.75) is 10.9 Å². The second-order valence-electron chi connectivity index (χ2n) is 5.93. The van der Waals surface area contributed by atoms with Crippen molar-refractivity contribution in [1.29, 1.82) is 0 Å². The molecule has 10 heteroatoms. The van der Waals surface area contributed by atoms with Crippen LogP contribution >= 0.6 is 23.1 Å². The van der Waals surface area contributed by atoms with Gasteiger partial charge in [-0.1, -0.05) is 11.8 Å². The lowest BCUT2D eigenvalue weighted by atomic mass is 10.3. The topological polar surface area (TPSA) is 80.7 Å². The van der Waals surface area contributed by atoms with Crippen LogP contribution in [0.15, 0.2) is 34.1 Å². The van der Waals surface area contributed by atoms with Gasteiger partial charge >= 0.3 is 0 Å². The molecule has 4 aromatic rings. The van der Waals surface area contributed by atoms with Crippen LogP contribution < -0.4 is 0 Å². The number of aldehydes is 1. The number of carbonyl (C=O) groups excluding carboxylic acids is 1. The lowest BCUT2D eigenvalue weighted by Crippen LogP contribution is -2.11. The van der Waals surface area contributed by atoms with E-state index >= 15 is 0 Å². The first-order chi connectivity index (χ1) is 13.1. The molecule has 27 heavy (non-hydrogen) atoms. The zero-order chi connectivity index (χ0) is 19.0. The summed E-state index contributed by atoms with van der Waals surface area (Å²) in [5, 5.41) is 6.29. The van der Waals surface area contributed by atoms with Crippen LogP contribution in [-0.4, -0.2) is 54.7 Å². The smallest absolute Gasteiger partial charge is 0.233 e. The molecule has 8 nitrogen and oxygen atoms in total. The molecule has 0 N–H and O–H groups in total. The number of carbonyl (C=O) groups is 1. The molecule has 0 aliphatic carbocycles. The summed E-state index contributed by atoms with van der Waals surface area (Å²) in [7, 11) is 3.72. The highest BCUT2D eigenvalue weighted by molar-refractivity contribution is 8.00. The molecular formula is C17H17N7OS2. The molecule has 0 amide bonds. The van der Waals surface area contributed by atoms with Gasteiger partial charge in [-0.3, -0.25) is 14.2 Å². The molecule has 0 aliphatic rings. The molecule has 138 valence electrons. The summed E-state index contributed by atoms with van der Waals surface area (Å²) in [6, 6.07) is 1.86. The second kappa shape index (κ2) is 7.12. The maximum atomic E-state index is 11.6. The fourth-order valence-corrected chi connectivity index (χ4v) is 4.46. The average molecular weight is 400 g/mol. The van der Waals surface area contributed by atoms with Crippen molar-refractivity contribution in [3.63, 3.8) is 0 Å². The predicted molar refractivity (Wildman–Crippen MR) is 108 cm³/mol. The number of imidazole rings is 1. The molecule has 0 unspecified atom stereocenters. The summed E-state index contributed by atoms with van der Waals surface area (Å²) in [5.41, 5.74) is 3.04. The summed E-state index contributed by atoms with van der Waals surface area (Å²) in [6.45, 7) is 0.533. The molecule has 0 aromatic carbocycles. The molecular weight excluding hydrogens is 382 g/mol. The van der Waals surface area contributed by atoms with E-state index in [1.54, 1.807) is 40.5 Å². The molecule has 0 spiro atoms. The number of fused-ring (bicyclic) bond motifs is 2. The quantitative estimate of drug-likeness (QED) is 0.215. The maximum absolute atomic E-state index is 11.6. The van der Waals surface area contributed by atoms with Gasteiger partial charge in [-0.15, -0.1) is 11.3 Å². The first-order valence-electron chi connectivity index (χ1n) is 8.12. The predicted octanol–water partition coefficient (Wildman–Crippen LogP) is 2.68. The Hall–Kier alpha value is -2.72. The summed E-state index contributed by atoms with van der Waals surface area (Å²) in [6.07, 6.45) is 10.1. The number of thioether (sulfide) groups is 1. The van der Waals surface area contributed by atoms with E-state index in [-0.39, 0.29) is 0 Å². The Morgan fingerprint density at radius 3 is 3.00 bits per heavy atom. The molecule has 4 rings (SSSR count). The van der Waals surface area contributed by atoms with Crippen molar-refractivity contribution in [3.8, 4) is 0 Å². The molecule has 0 fully saturated rings. The van der Waals surface area contributed by atoms with E-state index < -0.39 is 0 Å². The van der Waals surface area contributed by atoms with Gasteiger partial charge in [0.15, 0.2) is 16.3 Å². The van der Waals surface area contributed by atoms with Gasteiger partial charge in [-0.25, -0.2) is 15.0 Å². The third-order valence-electron chi connectivity index (χ3n) is 4.14. The Balaban J connectivity index is 1.61. The van der Waals surface area contributed by atoms with E-state index in [1.165, 1.54) is 0 Å². The minimum atomic E-state index is 0.533. The lowest BCUT2D eigenvalue weighted by Gasteiger charge is -2.10. The van der Waals surface area contributed by atoms with Crippen LogP contribution in [0.2, 0.25) is 0 Å². The third kappa shape index (κ3) is 3.21. The van der Waals surface area contributed by atoms with Gasteiger partial charge in [-0.2, -0.15) is 5.10 Å². The zero-order valence-corrected chi connectivity index (χ0v) is 16.7. The van der Waals surface area contributed by atoms with Crippen LogP contribution in [0.25, 0.3) is 16.1 Å². The summed E-state index contributed by atoms with van der Waals surface area (Å²) < 4.78 is 5.62. The van der Waals surface area contributed by atoms with Crippen LogP contribution in [-0.2, 0) is 13.6 Å². The number of hydrogen-bond donors (Lipinski definition) is 0. The molecule has 0 aliphatic heterocycles. The van der Waals surface area contributed by atoms with Gasteiger partial charge in [0.2, 0.25) is 5.78 Å². The molecule has 4 aromatic heterocycles. The fourth-order valence-electron chi connectivity index (χ4n) is 2.85. The molecule has 0 saturated heterocycles. The van der Waals surface area contributed by atoms with E-state index in [4.69, 9.17) is 0 Å². The molecule has 0 atom stereocenters. The number of aromatic nitrogens is 5. The van der Waals surface area contributed by atoms with Crippen molar-refractivity contribution >= 4 is 51.7 Å². The third-order valence-corrected chi connectivity index (χ3v) is 6.20. The number of thiazole rings is 1. The SMILES string of the molecule is CSc1nc2c(s1)c(/C=N\N(C)Cc1cn3cccnc3n1)c(C=O)n2C. The molecule has 0 radical (unpaired) electrons. The number of nitrogens with zero attached hydrogens (tertiary/aromatic N) is 7. The first-order valence-corrected chi connectivity index (χ1v) is 10.2. The Labute approximate surface area is 163 Å². The highest BCUT2D eigenvalue weighted by atomic mass is 32.2. The van der Waals surface area contributed by atoms with Crippen LogP contribution in [0.5, 0.6) is 0 Å². The first kappa shape index (κ1) is 17.7. The van der Waals surface area contributed by atoms with Crippen LogP contribution in [0.3, 0.4) is 0 Å². The van der Waals surface area contributed by atoms with Gasteiger partial charge in [0.05, 0.1) is 28.8 Å². The van der Waals surface area contributed by atoms with E-state index in [9.17, 15) is 4.79 Å². The largest absolute Gasteiger partial charge is 0.325 e. The Morgan fingerprint density at radius 1 is 1.41 bits per heavy atom. The number of hydrazone groups is 1. The van der Waals surface area contributed by atoms with Crippen molar-refractivity contribution in [1.82, 2.24) is 28.9 Å². The van der Waals surface area contributed by atoms with Crippen LogP contribution in [0, 0.1) is 0 Å². The normalized spacial score (nSPS) is 11.8. The number of rotatable bonds is 6. The number of aryl methyl sites for hydroxylation is 1. The highest BCUT2D eigenvalue weighted by Crippen LogP contribution is 2.32. The molecule has 0 bridgehead atoms. The van der Waals surface area contributed by atoms with E-state index in [1.807, 2.05) is 47.8 Å². The Morgan fingerprint density at radius 2 is 2.26 bits per heavy atom. The van der Waals surface area contributed by atoms with E-state index in [0.29, 0.717) is 18.0 Å². The van der Waals surface area contributed by atoms with Crippen molar-refractivity contribution in [2.24, 2.45) is 12.1 Å². The minimum absolute atomic E-state index is 0.533. The van der Waals surface area contributed by atoms with Crippen molar-refractivity contribution in [2.75, 3.05) is 13.3 Å². The monoisotopic (exact) mass is 399 g/mol. The Kier molecular flexibility index (Phi) is 4.66. The summed E-state index contributed by atoms with van der Waals surface area (Å²) >= 11 is 3.16. The number of hydrogen-bond acceptors (Lipinski definition) is 8. The van der Waals surface area contributed by atoms with Gasteiger partial charge in [-0.05, 0) is 12.3 Å². The van der Waals surface area contributed by atoms with Gasteiger partial charge in [0.1, 0.15) is 0 Å². The minimum Gasteiger partial charge on any atom is -0.325 e. The molecule has 4 heterocycles. The van der Waals surface area contributed by atoms with Gasteiger partial charge < -0.3 is 4.57 Å². The average Bonchev–Trinajstić information content (AvgIpc) is 3.32. The fraction of sp³-hybridized carbons (Fsp3) is 0.235. The van der Waals surface area contributed by atoms with Crippen molar-refractivity contribution < 1.29 is 4.79 Å². The maximum Gasteiger partial charge on any atom is 0.233 e. The summed E-state index contributed by atoms with van der Waals surface area (Å²) in [4.78, 5) is 24.8. The van der Waals surface area contributed by atoms with Crippen LogP contribution in [0.1, 0.15) is 21.7 Å². The van der Waals surface area contributed by atoms with Gasteiger partial charge in [0.25, 0.3) is 0 Å². The highest BCUT2D eigenvalue weighted by Gasteiger charge is 2.18. The summed E-state index contributed by atoms with van der Waals surface area (Å²) in [5.74, 6) is 0.659. The van der Waals surface area contributed by atoms with E-state index in [2.05, 4.69) is 20.1 Å². The molecule has 0 saturated carbocycles. The van der Waals surface area contributed by atoms with Crippen molar-refractivity contribution in [3.05, 3.63) is 41.6 Å². The van der Waals surface area contributed by atoms with E-state index in [0.717, 1.165) is 32.2 Å². The zero-order valence-electron chi connectivity index (χ0n) is 15.0. The Bertz CT molecular complexity index is 1120. The lowest BCUT2D eigenvalue weighted by molar-refractivity contribution is 0.111. The van der Waals surface area contributed by atoms with Gasteiger partial charge in [0, 0.05) is 38.2 Å². The second-order valence-corrected chi connectivity index (χ2v) is 7.98. The standard InChI is InChI=1S/C17H17N7OS2/c1-22(8-11-9-24-6-4-5-18-16(24)20-11)19-7-12-13(10-25)23(2)15-14(12)27-17(21-15)26-3/h4-7,9-10H,8H2,1-3H3/b19-7-. The van der Waals surface area contributed by atoms with Crippen LogP contribution in [0.4, 0.5) is 0 Å².